The van der Waals surface area contributed by atoms with Gasteiger partial charge < -0.3 is 10.1 Å². The van der Waals surface area contributed by atoms with E-state index < -0.39 is 34.5 Å². The van der Waals surface area contributed by atoms with Gasteiger partial charge in [-0.1, -0.05) is 38.0 Å². The highest BCUT2D eigenvalue weighted by Crippen LogP contribution is 2.31. The molecule has 0 bridgehead atoms. The first-order valence-electron chi connectivity index (χ1n) is 12.2. The first kappa shape index (κ1) is 25.7. The number of benzene rings is 2. The highest BCUT2D eigenvalue weighted by atomic mass is 32.2. The van der Waals surface area contributed by atoms with Crippen LogP contribution in [0.5, 0.6) is 0 Å². The maximum atomic E-state index is 13.2. The van der Waals surface area contributed by atoms with E-state index in [9.17, 15) is 22.8 Å². The standard InChI is InChI=1S/C26H31N3O6S/c1-18-7-2-4-10-22(18)27-26(32)28-24(30)17-35-25(31)20-12-14-21(15-13-20)36(33,34)29-16-6-9-19-8-3-5-11-23(19)29/h3,5,8,11-15,18,22H,2,4,6-7,9-10,16-17H2,1H3,(H2,27,28,30,32)/t18-,22+/m1/s1. The van der Waals surface area contributed by atoms with Crippen LogP contribution >= 0.6 is 0 Å². The molecular formula is C26H31N3O6S. The van der Waals surface area contributed by atoms with E-state index in [1.807, 2.05) is 18.2 Å². The van der Waals surface area contributed by atoms with Crippen LogP contribution in [0.1, 0.15) is 54.9 Å². The van der Waals surface area contributed by atoms with Gasteiger partial charge in [0.25, 0.3) is 15.9 Å². The van der Waals surface area contributed by atoms with E-state index >= 15 is 0 Å². The largest absolute Gasteiger partial charge is 0.452 e. The molecule has 0 saturated heterocycles. The smallest absolute Gasteiger partial charge is 0.338 e. The number of hydrogen-bond acceptors (Lipinski definition) is 6. The minimum atomic E-state index is -3.80. The number of esters is 1. The second-order valence-electron chi connectivity index (χ2n) is 9.30. The summed E-state index contributed by atoms with van der Waals surface area (Å²) in [7, 11) is -3.80. The fourth-order valence-corrected chi connectivity index (χ4v) is 6.29. The Morgan fingerprint density at radius 2 is 1.72 bits per heavy atom. The average Bonchev–Trinajstić information content (AvgIpc) is 2.88. The SMILES string of the molecule is C[C@@H]1CCCC[C@@H]1NC(=O)NC(=O)COC(=O)c1ccc(S(=O)(=O)N2CCCc3ccccc32)cc1. The van der Waals surface area contributed by atoms with E-state index in [1.165, 1.54) is 28.6 Å². The van der Waals surface area contributed by atoms with E-state index in [-0.39, 0.29) is 16.5 Å². The van der Waals surface area contributed by atoms with Gasteiger partial charge in [-0.15, -0.1) is 0 Å². The van der Waals surface area contributed by atoms with Crippen LogP contribution in [0.3, 0.4) is 0 Å². The number of fused-ring (bicyclic) bond motifs is 1. The van der Waals surface area contributed by atoms with Crippen LogP contribution in [-0.2, 0) is 26.0 Å². The Bertz CT molecular complexity index is 1230. The number of hydrogen-bond donors (Lipinski definition) is 2. The summed E-state index contributed by atoms with van der Waals surface area (Å²) in [6, 6.07) is 12.2. The van der Waals surface area contributed by atoms with Gasteiger partial charge in [-0.2, -0.15) is 0 Å². The molecule has 9 nitrogen and oxygen atoms in total. The van der Waals surface area contributed by atoms with Crippen molar-refractivity contribution in [2.75, 3.05) is 17.5 Å². The van der Waals surface area contributed by atoms with Crippen LogP contribution in [0.15, 0.2) is 53.4 Å². The molecule has 2 aliphatic rings. The van der Waals surface area contributed by atoms with Crippen LogP contribution in [0.2, 0.25) is 0 Å². The van der Waals surface area contributed by atoms with Crippen molar-refractivity contribution in [2.24, 2.45) is 5.92 Å². The predicted octanol–water partition coefficient (Wildman–Crippen LogP) is 3.39. The Hall–Kier alpha value is -3.40. The number of urea groups is 1. The molecule has 2 atom stereocenters. The maximum absolute atomic E-state index is 13.2. The van der Waals surface area contributed by atoms with Crippen molar-refractivity contribution in [1.82, 2.24) is 10.6 Å². The minimum absolute atomic E-state index is 0.0160. The second-order valence-corrected chi connectivity index (χ2v) is 11.2. The molecular weight excluding hydrogens is 482 g/mol. The lowest BCUT2D eigenvalue weighted by Crippen LogP contribution is -2.48. The molecule has 0 unspecified atom stereocenters. The summed E-state index contributed by atoms with van der Waals surface area (Å²) in [6.45, 7) is 1.82. The number of ether oxygens (including phenoxy) is 1. The van der Waals surface area contributed by atoms with Crippen molar-refractivity contribution >= 4 is 33.6 Å². The number of rotatable bonds is 6. The van der Waals surface area contributed by atoms with Gasteiger partial charge in [-0.3, -0.25) is 14.4 Å². The molecule has 36 heavy (non-hydrogen) atoms. The van der Waals surface area contributed by atoms with Crippen molar-refractivity contribution in [3.05, 3.63) is 59.7 Å². The van der Waals surface area contributed by atoms with E-state index in [0.29, 0.717) is 18.2 Å². The van der Waals surface area contributed by atoms with E-state index in [2.05, 4.69) is 17.6 Å². The number of carbonyl (C=O) groups is 3. The zero-order valence-electron chi connectivity index (χ0n) is 20.2. The Morgan fingerprint density at radius 3 is 2.47 bits per heavy atom. The third kappa shape index (κ3) is 5.87. The first-order chi connectivity index (χ1) is 17.3. The van der Waals surface area contributed by atoms with Gasteiger partial charge >= 0.3 is 12.0 Å². The first-order valence-corrected chi connectivity index (χ1v) is 13.7. The van der Waals surface area contributed by atoms with E-state index in [1.54, 1.807) is 6.07 Å². The van der Waals surface area contributed by atoms with Crippen LogP contribution in [0, 0.1) is 5.92 Å². The molecule has 1 fully saturated rings. The molecule has 1 aliphatic carbocycles. The zero-order chi connectivity index (χ0) is 25.7. The summed E-state index contributed by atoms with van der Waals surface area (Å²) in [5, 5.41) is 4.98. The maximum Gasteiger partial charge on any atom is 0.338 e. The van der Waals surface area contributed by atoms with Crippen molar-refractivity contribution in [3.8, 4) is 0 Å². The van der Waals surface area contributed by atoms with Crippen LogP contribution in [-0.4, -0.2) is 45.5 Å². The highest BCUT2D eigenvalue weighted by molar-refractivity contribution is 7.92. The van der Waals surface area contributed by atoms with Crippen LogP contribution in [0.25, 0.3) is 0 Å². The second kappa shape index (κ2) is 11.1. The number of imide groups is 1. The number of aryl methyl sites for hydroxylation is 1. The van der Waals surface area contributed by atoms with E-state index in [4.69, 9.17) is 4.74 Å². The summed E-state index contributed by atoms with van der Waals surface area (Å²) >= 11 is 0. The van der Waals surface area contributed by atoms with Gasteiger partial charge in [0, 0.05) is 12.6 Å². The average molecular weight is 514 g/mol. The van der Waals surface area contributed by atoms with Crippen LogP contribution in [0.4, 0.5) is 10.5 Å². The summed E-state index contributed by atoms with van der Waals surface area (Å²) < 4.78 is 32.9. The molecule has 1 heterocycles. The fourth-order valence-electron chi connectivity index (χ4n) is 4.75. The lowest BCUT2D eigenvalue weighted by Gasteiger charge is -2.30. The zero-order valence-corrected chi connectivity index (χ0v) is 21.1. The molecule has 1 saturated carbocycles. The summed E-state index contributed by atoms with van der Waals surface area (Å²) in [5.41, 5.74) is 1.74. The quantitative estimate of drug-likeness (QED) is 0.571. The predicted molar refractivity (Wildman–Crippen MR) is 134 cm³/mol. The van der Waals surface area contributed by atoms with Crippen molar-refractivity contribution in [1.29, 1.82) is 0 Å². The molecule has 0 radical (unpaired) electrons. The molecule has 2 aromatic carbocycles. The lowest BCUT2D eigenvalue weighted by molar-refractivity contribution is -0.123. The van der Waals surface area contributed by atoms with Gasteiger partial charge in [0.15, 0.2) is 6.61 Å². The number of carbonyl (C=O) groups excluding carboxylic acids is 3. The van der Waals surface area contributed by atoms with Gasteiger partial charge in [-0.05, 0) is 67.5 Å². The molecule has 0 spiro atoms. The van der Waals surface area contributed by atoms with Crippen molar-refractivity contribution in [2.45, 2.75) is 56.4 Å². The Balaban J connectivity index is 1.31. The fraction of sp³-hybridized carbons (Fsp3) is 0.423. The number of sulfonamides is 1. The lowest BCUT2D eigenvalue weighted by atomic mass is 9.86. The Labute approximate surface area is 211 Å². The van der Waals surface area contributed by atoms with Crippen LogP contribution < -0.4 is 14.9 Å². The molecule has 2 aromatic rings. The summed E-state index contributed by atoms with van der Waals surface area (Å²) in [6.07, 6.45) is 5.61. The number of anilines is 1. The Morgan fingerprint density at radius 1 is 1.00 bits per heavy atom. The molecule has 10 heteroatoms. The third-order valence-corrected chi connectivity index (χ3v) is 8.59. The van der Waals surface area contributed by atoms with Gasteiger partial charge in [0.05, 0.1) is 16.1 Å². The highest BCUT2D eigenvalue weighted by Gasteiger charge is 2.29. The molecule has 1 aliphatic heterocycles. The van der Waals surface area contributed by atoms with E-state index in [0.717, 1.165) is 44.1 Å². The topological polar surface area (TPSA) is 122 Å². The summed E-state index contributed by atoms with van der Waals surface area (Å²) in [4.78, 5) is 36.5. The molecule has 2 N–H and O–H groups in total. The number of para-hydroxylation sites is 1. The molecule has 192 valence electrons. The molecule has 3 amide bonds. The van der Waals surface area contributed by atoms with Crippen molar-refractivity contribution in [3.63, 3.8) is 0 Å². The molecule has 0 aromatic heterocycles. The summed E-state index contributed by atoms with van der Waals surface area (Å²) in [5.74, 6) is -1.19. The monoisotopic (exact) mass is 513 g/mol. The normalized spacial score (nSPS) is 19.6. The minimum Gasteiger partial charge on any atom is -0.452 e. The molecule has 4 rings (SSSR count). The number of nitrogens with one attached hydrogen (secondary N) is 2. The third-order valence-electron chi connectivity index (χ3n) is 6.76. The number of amides is 3. The van der Waals surface area contributed by atoms with Gasteiger partial charge in [0.2, 0.25) is 0 Å². The Kier molecular flexibility index (Phi) is 7.93. The van der Waals surface area contributed by atoms with Crippen molar-refractivity contribution < 1.29 is 27.5 Å². The van der Waals surface area contributed by atoms with Gasteiger partial charge in [0.1, 0.15) is 0 Å². The number of nitrogens with zero attached hydrogens (tertiary/aromatic N) is 1. The van der Waals surface area contributed by atoms with Gasteiger partial charge in [-0.25, -0.2) is 18.0 Å².